The quantitative estimate of drug-likeness (QED) is 0.664. The number of hydrogen-bond acceptors (Lipinski definition) is 2. The van der Waals surface area contributed by atoms with Gasteiger partial charge in [0.25, 0.3) is 0 Å². The van der Waals surface area contributed by atoms with Crippen molar-refractivity contribution < 1.29 is 0 Å². The van der Waals surface area contributed by atoms with E-state index in [1.54, 1.807) is 0 Å². The maximum atomic E-state index is 5.65. The van der Waals surface area contributed by atoms with Gasteiger partial charge >= 0.3 is 0 Å². The molecule has 0 radical (unpaired) electrons. The lowest BCUT2D eigenvalue weighted by Gasteiger charge is -2.35. The fraction of sp³-hybridized carbons (Fsp3) is 1.00. The molecule has 0 spiro atoms. The van der Waals surface area contributed by atoms with Crippen molar-refractivity contribution in [2.24, 2.45) is 5.73 Å². The van der Waals surface area contributed by atoms with Gasteiger partial charge in [-0.25, -0.2) is 0 Å². The Bertz CT molecular complexity index is 134. The van der Waals surface area contributed by atoms with Gasteiger partial charge in [0, 0.05) is 6.04 Å². The average molecular weight is 198 g/mol. The van der Waals surface area contributed by atoms with Gasteiger partial charge in [-0.1, -0.05) is 26.2 Å². The van der Waals surface area contributed by atoms with Crippen LogP contribution in [-0.2, 0) is 0 Å². The first-order valence-electron chi connectivity index (χ1n) is 6.32. The highest BCUT2D eigenvalue weighted by Gasteiger charge is 2.20. The molecule has 0 bridgehead atoms. The molecule has 0 saturated carbocycles. The second-order valence-electron chi connectivity index (χ2n) is 4.47. The fourth-order valence-corrected chi connectivity index (χ4v) is 2.44. The van der Waals surface area contributed by atoms with E-state index in [-0.39, 0.29) is 0 Å². The molecule has 2 nitrogen and oxygen atoms in total. The van der Waals surface area contributed by atoms with Gasteiger partial charge in [0.15, 0.2) is 0 Å². The van der Waals surface area contributed by atoms with Crippen molar-refractivity contribution in [2.45, 2.75) is 57.9 Å². The molecular formula is C12H26N2. The Morgan fingerprint density at radius 3 is 2.86 bits per heavy atom. The number of unbranched alkanes of at least 4 members (excludes halogenated alkanes) is 2. The molecule has 0 aromatic carbocycles. The van der Waals surface area contributed by atoms with Crippen LogP contribution in [0.1, 0.15) is 51.9 Å². The summed E-state index contributed by atoms with van der Waals surface area (Å²) in [5, 5.41) is 0. The summed E-state index contributed by atoms with van der Waals surface area (Å²) in [6, 6.07) is 0.797. The first kappa shape index (κ1) is 12.0. The minimum atomic E-state index is 0.797. The summed E-state index contributed by atoms with van der Waals surface area (Å²) in [5.74, 6) is 0. The number of nitrogens with zero attached hydrogens (tertiary/aromatic N) is 1. The molecule has 0 aromatic rings. The number of rotatable bonds is 6. The number of nitrogens with two attached hydrogens (primary N) is 1. The van der Waals surface area contributed by atoms with Gasteiger partial charge in [0.1, 0.15) is 0 Å². The molecule has 1 heterocycles. The summed E-state index contributed by atoms with van der Waals surface area (Å²) >= 11 is 0. The normalized spacial score (nSPS) is 24.0. The summed E-state index contributed by atoms with van der Waals surface area (Å²) in [6.45, 7) is 5.75. The highest BCUT2D eigenvalue weighted by atomic mass is 15.2. The molecule has 1 aliphatic rings. The summed E-state index contributed by atoms with van der Waals surface area (Å²) in [4.78, 5) is 2.67. The minimum Gasteiger partial charge on any atom is -0.330 e. The first-order valence-corrected chi connectivity index (χ1v) is 6.32. The molecule has 1 saturated heterocycles. The van der Waals surface area contributed by atoms with E-state index >= 15 is 0 Å². The van der Waals surface area contributed by atoms with E-state index in [4.69, 9.17) is 5.73 Å². The lowest BCUT2D eigenvalue weighted by molar-refractivity contribution is 0.139. The Hall–Kier alpha value is -0.0800. The molecule has 1 aliphatic heterocycles. The lowest BCUT2D eigenvalue weighted by Crippen LogP contribution is -2.41. The smallest absolute Gasteiger partial charge is 0.0107 e. The Morgan fingerprint density at radius 1 is 1.29 bits per heavy atom. The number of hydrogen-bond donors (Lipinski definition) is 1. The van der Waals surface area contributed by atoms with Crippen molar-refractivity contribution >= 4 is 0 Å². The molecule has 1 unspecified atom stereocenters. The molecule has 0 aromatic heterocycles. The monoisotopic (exact) mass is 198 g/mol. The maximum Gasteiger partial charge on any atom is 0.0107 e. The molecule has 0 aliphatic carbocycles. The summed E-state index contributed by atoms with van der Waals surface area (Å²) < 4.78 is 0. The van der Waals surface area contributed by atoms with Gasteiger partial charge in [-0.3, -0.25) is 0 Å². The topological polar surface area (TPSA) is 29.3 Å². The third-order valence-electron chi connectivity index (χ3n) is 3.30. The second kappa shape index (κ2) is 7.24. The van der Waals surface area contributed by atoms with E-state index in [1.807, 2.05) is 0 Å². The van der Waals surface area contributed by atoms with Crippen LogP contribution in [0, 0.1) is 0 Å². The van der Waals surface area contributed by atoms with Crippen LogP contribution in [0.2, 0.25) is 0 Å². The minimum absolute atomic E-state index is 0.797. The van der Waals surface area contributed by atoms with Crippen molar-refractivity contribution in [2.75, 3.05) is 19.6 Å². The molecule has 14 heavy (non-hydrogen) atoms. The number of piperidine rings is 1. The largest absolute Gasteiger partial charge is 0.330 e. The van der Waals surface area contributed by atoms with Gasteiger partial charge in [-0.05, 0) is 45.3 Å². The summed E-state index contributed by atoms with van der Waals surface area (Å²) in [7, 11) is 0. The van der Waals surface area contributed by atoms with Gasteiger partial charge in [0.2, 0.25) is 0 Å². The van der Waals surface area contributed by atoms with Crippen LogP contribution in [0.3, 0.4) is 0 Å². The van der Waals surface area contributed by atoms with Gasteiger partial charge < -0.3 is 10.6 Å². The fourth-order valence-electron chi connectivity index (χ4n) is 2.44. The molecule has 1 fully saturated rings. The molecule has 2 heteroatoms. The highest BCUT2D eigenvalue weighted by molar-refractivity contribution is 4.76. The lowest BCUT2D eigenvalue weighted by atomic mass is 9.99. The summed E-state index contributed by atoms with van der Waals surface area (Å²) in [5.41, 5.74) is 5.65. The van der Waals surface area contributed by atoms with Gasteiger partial charge in [-0.2, -0.15) is 0 Å². The molecule has 2 N–H and O–H groups in total. The van der Waals surface area contributed by atoms with Gasteiger partial charge in [0.05, 0.1) is 0 Å². The number of likely N-dealkylation sites (tertiary alicyclic amines) is 1. The van der Waals surface area contributed by atoms with E-state index in [0.717, 1.165) is 12.6 Å². The van der Waals surface area contributed by atoms with Crippen LogP contribution in [0.5, 0.6) is 0 Å². The van der Waals surface area contributed by atoms with Gasteiger partial charge in [-0.15, -0.1) is 0 Å². The SMILES string of the molecule is CCCCCN1CCCCC1CCN. The van der Waals surface area contributed by atoms with Crippen LogP contribution in [0.15, 0.2) is 0 Å². The molecule has 0 amide bonds. The van der Waals surface area contributed by atoms with E-state index in [2.05, 4.69) is 11.8 Å². The van der Waals surface area contributed by atoms with E-state index in [9.17, 15) is 0 Å². The third kappa shape index (κ3) is 3.97. The zero-order chi connectivity index (χ0) is 10.2. The van der Waals surface area contributed by atoms with Crippen molar-refractivity contribution in [3.05, 3.63) is 0 Å². The first-order chi connectivity index (χ1) is 6.88. The molecule has 1 rings (SSSR count). The zero-order valence-corrected chi connectivity index (χ0v) is 9.67. The zero-order valence-electron chi connectivity index (χ0n) is 9.67. The van der Waals surface area contributed by atoms with Crippen molar-refractivity contribution in [3.63, 3.8) is 0 Å². The van der Waals surface area contributed by atoms with Crippen molar-refractivity contribution in [1.29, 1.82) is 0 Å². The van der Waals surface area contributed by atoms with Crippen LogP contribution < -0.4 is 5.73 Å². The summed E-state index contributed by atoms with van der Waals surface area (Å²) in [6.07, 6.45) is 9.47. The molecular weight excluding hydrogens is 172 g/mol. The molecule has 1 atom stereocenters. The van der Waals surface area contributed by atoms with E-state index < -0.39 is 0 Å². The third-order valence-corrected chi connectivity index (χ3v) is 3.30. The van der Waals surface area contributed by atoms with Crippen LogP contribution in [0.25, 0.3) is 0 Å². The Balaban J connectivity index is 2.22. The van der Waals surface area contributed by atoms with E-state index in [1.165, 1.54) is 58.0 Å². The Morgan fingerprint density at radius 2 is 2.14 bits per heavy atom. The van der Waals surface area contributed by atoms with Crippen LogP contribution in [-0.4, -0.2) is 30.6 Å². The Kier molecular flexibility index (Phi) is 6.20. The standard InChI is InChI=1S/C12H26N2/c1-2-3-5-10-14-11-6-4-7-12(14)8-9-13/h12H,2-11,13H2,1H3. The van der Waals surface area contributed by atoms with Crippen molar-refractivity contribution in [3.8, 4) is 0 Å². The predicted molar refractivity (Wildman–Crippen MR) is 62.4 cm³/mol. The van der Waals surface area contributed by atoms with Crippen LogP contribution in [0.4, 0.5) is 0 Å². The van der Waals surface area contributed by atoms with Crippen LogP contribution >= 0.6 is 0 Å². The predicted octanol–water partition coefficient (Wildman–Crippen LogP) is 2.38. The maximum absolute atomic E-state index is 5.65. The average Bonchev–Trinajstić information content (AvgIpc) is 2.21. The van der Waals surface area contributed by atoms with Crippen molar-refractivity contribution in [1.82, 2.24) is 4.90 Å². The Labute approximate surface area is 88.8 Å². The highest BCUT2D eigenvalue weighted by Crippen LogP contribution is 2.19. The molecule has 84 valence electrons. The van der Waals surface area contributed by atoms with E-state index in [0.29, 0.717) is 0 Å². The second-order valence-corrected chi connectivity index (χ2v) is 4.47.